The molecule has 2 saturated heterocycles. The zero-order valence-corrected chi connectivity index (χ0v) is 11.7. The SMILES string of the molecule is Brc1csc(CN2CC3CCCNC3C2)c1. The van der Waals surface area contributed by atoms with Crippen LogP contribution in [0.2, 0.25) is 0 Å². The Morgan fingerprint density at radius 3 is 3.19 bits per heavy atom. The van der Waals surface area contributed by atoms with Crippen LogP contribution in [0.1, 0.15) is 17.7 Å². The van der Waals surface area contributed by atoms with E-state index in [0.717, 1.165) is 18.5 Å². The highest BCUT2D eigenvalue weighted by Crippen LogP contribution is 2.28. The van der Waals surface area contributed by atoms with Gasteiger partial charge in [-0.1, -0.05) is 0 Å². The molecule has 0 spiro atoms. The van der Waals surface area contributed by atoms with E-state index in [1.807, 2.05) is 11.3 Å². The first kappa shape index (κ1) is 11.2. The summed E-state index contributed by atoms with van der Waals surface area (Å²) in [5.74, 6) is 0.900. The molecule has 0 aromatic carbocycles. The molecule has 1 N–H and O–H groups in total. The molecule has 2 aliphatic heterocycles. The van der Waals surface area contributed by atoms with E-state index in [2.05, 4.69) is 37.6 Å². The number of hydrogen-bond acceptors (Lipinski definition) is 3. The minimum Gasteiger partial charge on any atom is -0.312 e. The summed E-state index contributed by atoms with van der Waals surface area (Å²) in [6.07, 6.45) is 2.78. The third-order valence-corrected chi connectivity index (χ3v) is 5.36. The summed E-state index contributed by atoms with van der Waals surface area (Å²) < 4.78 is 1.22. The molecule has 2 atom stereocenters. The first-order valence-electron chi connectivity index (χ1n) is 6.00. The minimum absolute atomic E-state index is 0.761. The fourth-order valence-electron chi connectivity index (χ4n) is 2.92. The first-order chi connectivity index (χ1) is 7.81. The second-order valence-corrected chi connectivity index (χ2v) is 6.80. The molecule has 16 heavy (non-hydrogen) atoms. The van der Waals surface area contributed by atoms with Gasteiger partial charge in [-0.2, -0.15) is 0 Å². The van der Waals surface area contributed by atoms with Crippen LogP contribution in [0.4, 0.5) is 0 Å². The van der Waals surface area contributed by atoms with Crippen molar-refractivity contribution in [3.05, 3.63) is 20.8 Å². The summed E-state index contributed by atoms with van der Waals surface area (Å²) in [6, 6.07) is 3.01. The summed E-state index contributed by atoms with van der Waals surface area (Å²) in [5, 5.41) is 5.83. The molecule has 0 saturated carbocycles. The zero-order valence-electron chi connectivity index (χ0n) is 9.29. The molecule has 1 aromatic heterocycles. The molecule has 2 fully saturated rings. The Labute approximate surface area is 109 Å². The predicted molar refractivity (Wildman–Crippen MR) is 71.8 cm³/mol. The number of halogens is 1. The standard InChI is InChI=1S/C12H17BrN2S/c13-10-4-11(16-8-10)6-15-5-9-2-1-3-14-12(9)7-15/h4,8-9,12,14H,1-3,5-7H2. The Bertz CT molecular complexity index is 352. The Kier molecular flexibility index (Phi) is 3.34. The number of piperidine rings is 1. The lowest BCUT2D eigenvalue weighted by molar-refractivity contribution is 0.315. The molecule has 2 nitrogen and oxygen atoms in total. The van der Waals surface area contributed by atoms with Gasteiger partial charge in [0.25, 0.3) is 0 Å². The van der Waals surface area contributed by atoms with E-state index < -0.39 is 0 Å². The molecular weight excluding hydrogens is 284 g/mol. The van der Waals surface area contributed by atoms with E-state index in [1.54, 1.807) is 0 Å². The molecule has 0 amide bonds. The number of rotatable bonds is 2. The van der Waals surface area contributed by atoms with E-state index in [-0.39, 0.29) is 0 Å². The molecule has 0 bridgehead atoms. The molecule has 3 heterocycles. The number of nitrogens with one attached hydrogen (secondary N) is 1. The molecular formula is C12H17BrN2S. The number of hydrogen-bond donors (Lipinski definition) is 1. The van der Waals surface area contributed by atoms with Crippen LogP contribution in [0.25, 0.3) is 0 Å². The molecule has 0 aliphatic carbocycles. The van der Waals surface area contributed by atoms with Gasteiger partial charge < -0.3 is 5.32 Å². The summed E-state index contributed by atoms with van der Waals surface area (Å²) in [6.45, 7) is 4.87. The molecule has 2 aliphatic rings. The van der Waals surface area contributed by atoms with Crippen LogP contribution in [0.3, 0.4) is 0 Å². The Morgan fingerprint density at radius 1 is 1.50 bits per heavy atom. The van der Waals surface area contributed by atoms with Gasteiger partial charge in [0, 0.05) is 40.4 Å². The van der Waals surface area contributed by atoms with E-state index in [9.17, 15) is 0 Å². The molecule has 4 heteroatoms. The third-order valence-electron chi connectivity index (χ3n) is 3.68. The lowest BCUT2D eigenvalue weighted by Gasteiger charge is -2.24. The maximum atomic E-state index is 3.65. The van der Waals surface area contributed by atoms with Crippen molar-refractivity contribution in [3.63, 3.8) is 0 Å². The topological polar surface area (TPSA) is 15.3 Å². The molecule has 1 aromatic rings. The third kappa shape index (κ3) is 2.35. The second-order valence-electron chi connectivity index (χ2n) is 4.89. The number of likely N-dealkylation sites (tertiary alicyclic amines) is 1. The number of thiophene rings is 1. The van der Waals surface area contributed by atoms with Crippen LogP contribution in [0.5, 0.6) is 0 Å². The smallest absolute Gasteiger partial charge is 0.0329 e. The second kappa shape index (κ2) is 4.77. The molecule has 88 valence electrons. The highest BCUT2D eigenvalue weighted by molar-refractivity contribution is 9.10. The highest BCUT2D eigenvalue weighted by atomic mass is 79.9. The van der Waals surface area contributed by atoms with Crippen molar-refractivity contribution in [2.24, 2.45) is 5.92 Å². The van der Waals surface area contributed by atoms with E-state index in [1.165, 1.54) is 41.8 Å². The Hall–Kier alpha value is 0.1000. The molecule has 2 unspecified atom stereocenters. The van der Waals surface area contributed by atoms with Gasteiger partial charge in [-0.25, -0.2) is 0 Å². The van der Waals surface area contributed by atoms with Gasteiger partial charge in [0.2, 0.25) is 0 Å². The van der Waals surface area contributed by atoms with Gasteiger partial charge >= 0.3 is 0 Å². The fraction of sp³-hybridized carbons (Fsp3) is 0.667. The van der Waals surface area contributed by atoms with Crippen molar-refractivity contribution in [1.29, 1.82) is 0 Å². The summed E-state index contributed by atoms with van der Waals surface area (Å²) in [4.78, 5) is 4.08. The highest BCUT2D eigenvalue weighted by Gasteiger charge is 2.33. The van der Waals surface area contributed by atoms with E-state index in [4.69, 9.17) is 0 Å². The maximum absolute atomic E-state index is 3.65. The number of nitrogens with zero attached hydrogens (tertiary/aromatic N) is 1. The van der Waals surface area contributed by atoms with Crippen molar-refractivity contribution in [3.8, 4) is 0 Å². The van der Waals surface area contributed by atoms with Gasteiger partial charge in [-0.15, -0.1) is 11.3 Å². The van der Waals surface area contributed by atoms with Crippen molar-refractivity contribution in [2.75, 3.05) is 19.6 Å². The lowest BCUT2D eigenvalue weighted by Crippen LogP contribution is -2.40. The van der Waals surface area contributed by atoms with Crippen LogP contribution in [-0.2, 0) is 6.54 Å². The van der Waals surface area contributed by atoms with E-state index in [0.29, 0.717) is 0 Å². The first-order valence-corrected chi connectivity index (χ1v) is 7.67. The average Bonchev–Trinajstić information content (AvgIpc) is 2.84. The normalized spacial score (nSPS) is 30.6. The largest absolute Gasteiger partial charge is 0.312 e. The van der Waals surface area contributed by atoms with Gasteiger partial charge in [-0.05, 0) is 47.3 Å². The minimum atomic E-state index is 0.761. The van der Waals surface area contributed by atoms with Gasteiger partial charge in [0.05, 0.1) is 0 Å². The Morgan fingerprint density at radius 2 is 2.44 bits per heavy atom. The Balaban J connectivity index is 1.61. The predicted octanol–water partition coefficient (Wildman–Crippen LogP) is 2.69. The zero-order chi connectivity index (χ0) is 11.0. The summed E-state index contributed by atoms with van der Waals surface area (Å²) in [7, 11) is 0. The van der Waals surface area contributed by atoms with Crippen LogP contribution in [0, 0.1) is 5.92 Å². The van der Waals surface area contributed by atoms with Gasteiger partial charge in [0.1, 0.15) is 0 Å². The van der Waals surface area contributed by atoms with Gasteiger partial charge in [-0.3, -0.25) is 4.90 Å². The quantitative estimate of drug-likeness (QED) is 0.903. The van der Waals surface area contributed by atoms with Crippen LogP contribution >= 0.6 is 27.3 Å². The number of fused-ring (bicyclic) bond motifs is 1. The monoisotopic (exact) mass is 300 g/mol. The van der Waals surface area contributed by atoms with E-state index >= 15 is 0 Å². The van der Waals surface area contributed by atoms with Crippen LogP contribution in [-0.4, -0.2) is 30.6 Å². The van der Waals surface area contributed by atoms with Crippen molar-refractivity contribution >= 4 is 27.3 Å². The molecule has 0 radical (unpaired) electrons. The molecule has 3 rings (SSSR count). The van der Waals surface area contributed by atoms with Crippen LogP contribution in [0.15, 0.2) is 15.9 Å². The van der Waals surface area contributed by atoms with Crippen LogP contribution < -0.4 is 5.32 Å². The van der Waals surface area contributed by atoms with Crippen molar-refractivity contribution in [1.82, 2.24) is 10.2 Å². The lowest BCUT2D eigenvalue weighted by atomic mass is 9.94. The fourth-order valence-corrected chi connectivity index (χ4v) is 4.41. The van der Waals surface area contributed by atoms with Crippen molar-refractivity contribution < 1.29 is 0 Å². The maximum Gasteiger partial charge on any atom is 0.0329 e. The van der Waals surface area contributed by atoms with Crippen molar-refractivity contribution in [2.45, 2.75) is 25.4 Å². The summed E-state index contributed by atoms with van der Waals surface area (Å²) >= 11 is 5.38. The van der Waals surface area contributed by atoms with Gasteiger partial charge in [0.15, 0.2) is 0 Å². The summed E-state index contributed by atoms with van der Waals surface area (Å²) in [5.41, 5.74) is 0. The average molecular weight is 301 g/mol.